The summed E-state index contributed by atoms with van der Waals surface area (Å²) in [4.78, 5) is 12.4. The smallest absolute Gasteiger partial charge is 0.269 e. The minimum absolute atomic E-state index is 0.197. The van der Waals surface area contributed by atoms with Gasteiger partial charge in [-0.05, 0) is 29.7 Å². The Morgan fingerprint density at radius 1 is 1.47 bits per heavy atom. The SMILES string of the molecule is O=C(Nc1ccc2c(c1)CNCCO2)c1cnns1. The number of rotatable bonds is 2. The van der Waals surface area contributed by atoms with Crippen molar-refractivity contribution in [2.24, 2.45) is 0 Å². The third kappa shape index (κ3) is 2.72. The molecule has 2 aromatic rings. The van der Waals surface area contributed by atoms with Gasteiger partial charge in [-0.15, -0.1) is 5.10 Å². The largest absolute Gasteiger partial charge is 0.492 e. The summed E-state index contributed by atoms with van der Waals surface area (Å²) in [5.74, 6) is 0.667. The van der Waals surface area contributed by atoms with Crippen LogP contribution in [0.15, 0.2) is 24.4 Å². The molecule has 7 heteroatoms. The topological polar surface area (TPSA) is 76.1 Å². The first-order chi connectivity index (χ1) is 9.33. The number of benzene rings is 1. The minimum Gasteiger partial charge on any atom is -0.492 e. The zero-order valence-electron chi connectivity index (χ0n) is 10.0. The maximum absolute atomic E-state index is 11.9. The normalized spacial score (nSPS) is 14.1. The molecule has 1 aliphatic rings. The van der Waals surface area contributed by atoms with Gasteiger partial charge in [0.2, 0.25) is 0 Å². The number of aromatic nitrogens is 2. The van der Waals surface area contributed by atoms with E-state index < -0.39 is 0 Å². The molecule has 0 aliphatic carbocycles. The molecule has 0 spiro atoms. The van der Waals surface area contributed by atoms with Crippen molar-refractivity contribution < 1.29 is 9.53 Å². The number of hydrogen-bond acceptors (Lipinski definition) is 6. The Hall–Kier alpha value is -1.99. The second kappa shape index (κ2) is 5.33. The molecule has 0 radical (unpaired) electrons. The Morgan fingerprint density at radius 2 is 2.42 bits per heavy atom. The summed E-state index contributed by atoms with van der Waals surface area (Å²) < 4.78 is 9.26. The molecule has 0 bridgehead atoms. The number of fused-ring (bicyclic) bond motifs is 1. The van der Waals surface area contributed by atoms with Crippen LogP contribution < -0.4 is 15.4 Å². The van der Waals surface area contributed by atoms with E-state index in [1.54, 1.807) is 0 Å². The molecule has 6 nitrogen and oxygen atoms in total. The predicted octanol–water partition coefficient (Wildman–Crippen LogP) is 1.27. The fraction of sp³-hybridized carbons (Fsp3) is 0.250. The van der Waals surface area contributed by atoms with E-state index in [2.05, 4.69) is 20.2 Å². The number of hydrogen-bond donors (Lipinski definition) is 2. The average molecular weight is 276 g/mol. The summed E-state index contributed by atoms with van der Waals surface area (Å²) in [7, 11) is 0. The van der Waals surface area contributed by atoms with E-state index in [-0.39, 0.29) is 5.91 Å². The summed E-state index contributed by atoms with van der Waals surface area (Å²) in [5, 5.41) is 9.72. The lowest BCUT2D eigenvalue weighted by molar-refractivity contribution is 0.103. The van der Waals surface area contributed by atoms with Crippen LogP contribution in [-0.4, -0.2) is 28.6 Å². The summed E-state index contributed by atoms with van der Waals surface area (Å²) >= 11 is 1.07. The predicted molar refractivity (Wildman–Crippen MR) is 71.5 cm³/mol. The third-order valence-electron chi connectivity index (χ3n) is 2.76. The third-order valence-corrected chi connectivity index (χ3v) is 3.42. The van der Waals surface area contributed by atoms with Gasteiger partial charge in [0.25, 0.3) is 5.91 Å². The van der Waals surface area contributed by atoms with Crippen LogP contribution in [0.3, 0.4) is 0 Å². The maximum atomic E-state index is 11.9. The van der Waals surface area contributed by atoms with Gasteiger partial charge < -0.3 is 15.4 Å². The molecule has 2 N–H and O–H groups in total. The number of carbonyl (C=O) groups is 1. The van der Waals surface area contributed by atoms with E-state index in [9.17, 15) is 4.79 Å². The number of anilines is 1. The maximum Gasteiger partial charge on any atom is 0.269 e. The summed E-state index contributed by atoms with van der Waals surface area (Å²) in [6, 6.07) is 5.62. The van der Waals surface area contributed by atoms with E-state index in [0.717, 1.165) is 41.6 Å². The molecule has 1 aromatic carbocycles. The Kier molecular flexibility index (Phi) is 3.39. The van der Waals surface area contributed by atoms with Crippen LogP contribution in [0.5, 0.6) is 5.75 Å². The van der Waals surface area contributed by atoms with Gasteiger partial charge >= 0.3 is 0 Å². The number of ether oxygens (including phenoxy) is 1. The first-order valence-corrected chi connectivity index (χ1v) is 6.65. The highest BCUT2D eigenvalue weighted by Gasteiger charge is 2.12. The molecule has 0 saturated carbocycles. The Bertz CT molecular complexity index is 585. The molecule has 98 valence electrons. The lowest BCUT2D eigenvalue weighted by atomic mass is 10.1. The molecule has 0 saturated heterocycles. The van der Waals surface area contributed by atoms with Crippen molar-refractivity contribution in [3.8, 4) is 5.75 Å². The molecule has 0 unspecified atom stereocenters. The van der Waals surface area contributed by atoms with Crippen molar-refractivity contribution in [1.82, 2.24) is 14.9 Å². The van der Waals surface area contributed by atoms with Crippen LogP contribution in [0.25, 0.3) is 0 Å². The lowest BCUT2D eigenvalue weighted by Gasteiger charge is -2.09. The zero-order chi connectivity index (χ0) is 13.1. The summed E-state index contributed by atoms with van der Waals surface area (Å²) in [6.07, 6.45) is 1.45. The van der Waals surface area contributed by atoms with E-state index >= 15 is 0 Å². The van der Waals surface area contributed by atoms with Gasteiger partial charge in [0, 0.05) is 24.3 Å². The van der Waals surface area contributed by atoms with Crippen LogP contribution in [-0.2, 0) is 6.54 Å². The van der Waals surface area contributed by atoms with Crippen molar-refractivity contribution in [1.29, 1.82) is 0 Å². The number of nitrogens with zero attached hydrogens (tertiary/aromatic N) is 2. The Morgan fingerprint density at radius 3 is 3.26 bits per heavy atom. The molecule has 0 fully saturated rings. The van der Waals surface area contributed by atoms with Crippen molar-refractivity contribution in [3.63, 3.8) is 0 Å². The first-order valence-electron chi connectivity index (χ1n) is 5.88. The van der Waals surface area contributed by atoms with Crippen molar-refractivity contribution in [3.05, 3.63) is 34.8 Å². The van der Waals surface area contributed by atoms with Gasteiger partial charge in [0.1, 0.15) is 17.2 Å². The highest BCUT2D eigenvalue weighted by molar-refractivity contribution is 7.07. The fourth-order valence-electron chi connectivity index (χ4n) is 1.85. The van der Waals surface area contributed by atoms with Gasteiger partial charge in [-0.2, -0.15) is 0 Å². The number of nitrogens with one attached hydrogen (secondary N) is 2. The highest BCUT2D eigenvalue weighted by Crippen LogP contribution is 2.24. The summed E-state index contributed by atoms with van der Waals surface area (Å²) in [6.45, 7) is 2.22. The second-order valence-corrected chi connectivity index (χ2v) is 4.87. The molecule has 1 aromatic heterocycles. The van der Waals surface area contributed by atoms with Gasteiger partial charge in [-0.25, -0.2) is 0 Å². The highest BCUT2D eigenvalue weighted by atomic mass is 32.1. The first kappa shape index (κ1) is 12.1. The molecule has 1 aliphatic heterocycles. The van der Waals surface area contributed by atoms with E-state index in [1.807, 2.05) is 18.2 Å². The Labute approximate surface area is 114 Å². The standard InChI is InChI=1S/C12H12N4O2S/c17-12(11-7-14-16-19-11)15-9-1-2-10-8(5-9)6-13-3-4-18-10/h1-2,5,7,13H,3-4,6H2,(H,15,17). The van der Waals surface area contributed by atoms with Crippen molar-refractivity contribution >= 4 is 23.1 Å². The second-order valence-electron chi connectivity index (χ2n) is 4.08. The quantitative estimate of drug-likeness (QED) is 0.864. The van der Waals surface area contributed by atoms with E-state index in [1.165, 1.54) is 6.20 Å². The van der Waals surface area contributed by atoms with Gasteiger partial charge in [0.05, 0.1) is 6.20 Å². The monoisotopic (exact) mass is 276 g/mol. The fourth-order valence-corrected chi connectivity index (χ4v) is 2.26. The van der Waals surface area contributed by atoms with E-state index in [4.69, 9.17) is 4.74 Å². The van der Waals surface area contributed by atoms with Gasteiger partial charge in [-0.1, -0.05) is 4.49 Å². The van der Waals surface area contributed by atoms with E-state index in [0.29, 0.717) is 11.5 Å². The molecule has 0 atom stereocenters. The van der Waals surface area contributed by atoms with Crippen LogP contribution in [0.2, 0.25) is 0 Å². The number of amides is 1. The average Bonchev–Trinajstić information content (AvgIpc) is 2.85. The minimum atomic E-state index is -0.197. The van der Waals surface area contributed by atoms with Crippen LogP contribution in [0, 0.1) is 0 Å². The van der Waals surface area contributed by atoms with Gasteiger partial charge in [0.15, 0.2) is 0 Å². The van der Waals surface area contributed by atoms with Gasteiger partial charge in [-0.3, -0.25) is 4.79 Å². The molecule has 19 heavy (non-hydrogen) atoms. The molecule has 1 amide bonds. The van der Waals surface area contributed by atoms with Crippen LogP contribution in [0.4, 0.5) is 5.69 Å². The lowest BCUT2D eigenvalue weighted by Crippen LogP contribution is -2.16. The zero-order valence-corrected chi connectivity index (χ0v) is 10.9. The van der Waals surface area contributed by atoms with Crippen LogP contribution >= 0.6 is 11.5 Å². The van der Waals surface area contributed by atoms with Crippen LogP contribution in [0.1, 0.15) is 15.2 Å². The molecular formula is C12H12N4O2S. The Balaban J connectivity index is 1.78. The summed E-state index contributed by atoms with van der Waals surface area (Å²) in [5.41, 5.74) is 1.78. The molecule has 2 heterocycles. The van der Waals surface area contributed by atoms with Crippen molar-refractivity contribution in [2.45, 2.75) is 6.54 Å². The van der Waals surface area contributed by atoms with Crippen molar-refractivity contribution in [2.75, 3.05) is 18.5 Å². The number of carbonyl (C=O) groups excluding carboxylic acids is 1. The molecule has 3 rings (SSSR count). The molecular weight excluding hydrogens is 264 g/mol.